The number of carbonyl (C=O) groups excluding carboxylic acids is 1. The molecular formula is C17H14Cl2N4O2S. The highest BCUT2D eigenvalue weighted by Crippen LogP contribution is 2.21. The topological polar surface area (TPSA) is 69.2 Å². The van der Waals surface area contributed by atoms with Crippen molar-refractivity contribution >= 4 is 40.4 Å². The van der Waals surface area contributed by atoms with E-state index >= 15 is 0 Å². The Morgan fingerprint density at radius 2 is 2.08 bits per heavy atom. The summed E-state index contributed by atoms with van der Waals surface area (Å²) in [6.45, 7) is 2.00. The molecule has 0 N–H and O–H groups in total. The third kappa shape index (κ3) is 4.49. The Hall–Kier alpha value is -2.22. The van der Waals surface area contributed by atoms with Crippen molar-refractivity contribution in [3.8, 4) is 0 Å². The van der Waals surface area contributed by atoms with E-state index in [1.807, 2.05) is 22.2 Å². The maximum atomic E-state index is 12.2. The third-order valence-corrected chi connectivity index (χ3v) is 4.90. The lowest BCUT2D eigenvalue weighted by molar-refractivity contribution is -0.118. The van der Waals surface area contributed by atoms with Gasteiger partial charge in [-0.1, -0.05) is 29.3 Å². The van der Waals surface area contributed by atoms with Gasteiger partial charge in [0.2, 0.25) is 0 Å². The molecule has 3 rings (SSSR count). The second-order valence-corrected chi connectivity index (χ2v) is 7.24. The van der Waals surface area contributed by atoms with Gasteiger partial charge in [-0.25, -0.2) is 4.68 Å². The van der Waals surface area contributed by atoms with E-state index in [9.17, 15) is 9.59 Å². The fourth-order valence-corrected chi connectivity index (χ4v) is 3.49. The van der Waals surface area contributed by atoms with Gasteiger partial charge in [0, 0.05) is 27.7 Å². The van der Waals surface area contributed by atoms with Crippen LogP contribution in [0.2, 0.25) is 10.0 Å². The Labute approximate surface area is 163 Å². The van der Waals surface area contributed by atoms with Crippen molar-refractivity contribution in [3.05, 3.63) is 78.4 Å². The maximum Gasteiger partial charge on any atom is 0.270 e. The molecule has 0 spiro atoms. The van der Waals surface area contributed by atoms with Crippen LogP contribution in [0.5, 0.6) is 0 Å². The maximum absolute atomic E-state index is 12.2. The minimum absolute atomic E-state index is 0.208. The van der Waals surface area contributed by atoms with Crippen molar-refractivity contribution in [3.63, 3.8) is 0 Å². The summed E-state index contributed by atoms with van der Waals surface area (Å²) in [5.74, 6) is -0.455. The quantitative estimate of drug-likeness (QED) is 0.666. The zero-order valence-electron chi connectivity index (χ0n) is 13.7. The van der Waals surface area contributed by atoms with Crippen LogP contribution in [0.4, 0.5) is 0 Å². The number of hydrogen-bond donors (Lipinski definition) is 0. The summed E-state index contributed by atoms with van der Waals surface area (Å²) in [6, 6.07) is 8.24. The summed E-state index contributed by atoms with van der Waals surface area (Å²) in [5.41, 5.74) is 1.17. The van der Waals surface area contributed by atoms with E-state index in [-0.39, 0.29) is 12.1 Å². The molecule has 6 nitrogen and oxygen atoms in total. The number of aryl methyl sites for hydroxylation is 1. The fraction of sp³-hybridized carbons (Fsp3) is 0.176. The van der Waals surface area contributed by atoms with Crippen LogP contribution in [0.1, 0.15) is 11.3 Å². The minimum Gasteiger partial charge on any atom is -0.319 e. The Bertz CT molecular complexity index is 1080. The number of rotatable bonds is 4. The first kappa shape index (κ1) is 18.6. The normalized spacial score (nSPS) is 11.7. The summed E-state index contributed by atoms with van der Waals surface area (Å²) < 4.78 is 2.92. The zero-order chi connectivity index (χ0) is 18.7. The molecule has 26 heavy (non-hydrogen) atoms. The average molecular weight is 409 g/mol. The van der Waals surface area contributed by atoms with Gasteiger partial charge in [0.25, 0.3) is 11.5 Å². The lowest BCUT2D eigenvalue weighted by Gasteiger charge is -2.06. The standard InChI is InChI=1S/C17H14Cl2N4O2S/c1-11-2-5-16(25)23(21-11)10-15(24)20-17-22(6-7-26-17)9-12-3-4-13(18)8-14(12)19/h2-8H,9-10H2,1H3. The van der Waals surface area contributed by atoms with Crippen molar-refractivity contribution in [2.45, 2.75) is 20.0 Å². The van der Waals surface area contributed by atoms with Crippen molar-refractivity contribution in [1.29, 1.82) is 0 Å². The number of benzene rings is 1. The third-order valence-electron chi connectivity index (χ3n) is 3.52. The first-order valence-electron chi connectivity index (χ1n) is 7.62. The van der Waals surface area contributed by atoms with Gasteiger partial charge >= 0.3 is 0 Å². The van der Waals surface area contributed by atoms with Crippen LogP contribution >= 0.6 is 34.5 Å². The highest BCUT2D eigenvalue weighted by atomic mass is 35.5. The molecular weight excluding hydrogens is 395 g/mol. The molecule has 0 aliphatic heterocycles. The van der Waals surface area contributed by atoms with Crippen molar-refractivity contribution in [2.24, 2.45) is 4.99 Å². The van der Waals surface area contributed by atoms with Gasteiger partial charge in [-0.2, -0.15) is 10.1 Å². The SMILES string of the molecule is Cc1ccc(=O)n(CC(=O)N=c2sccn2Cc2ccc(Cl)cc2Cl)n1. The Balaban J connectivity index is 1.84. The van der Waals surface area contributed by atoms with Crippen LogP contribution in [0.25, 0.3) is 0 Å². The first-order chi connectivity index (χ1) is 12.4. The molecule has 0 unspecified atom stereocenters. The number of thiazole rings is 1. The molecule has 2 aromatic heterocycles. The molecule has 2 heterocycles. The Morgan fingerprint density at radius 1 is 1.27 bits per heavy atom. The fourth-order valence-electron chi connectivity index (χ4n) is 2.27. The summed E-state index contributed by atoms with van der Waals surface area (Å²) >= 11 is 13.4. The molecule has 134 valence electrons. The molecule has 0 atom stereocenters. The number of aromatic nitrogens is 3. The zero-order valence-corrected chi connectivity index (χ0v) is 16.1. The summed E-state index contributed by atoms with van der Waals surface area (Å²) in [4.78, 5) is 28.6. The second kappa shape index (κ2) is 7.99. The molecule has 3 aromatic rings. The molecule has 1 aromatic carbocycles. The van der Waals surface area contributed by atoms with Crippen molar-refractivity contribution < 1.29 is 4.79 Å². The van der Waals surface area contributed by atoms with E-state index in [0.29, 0.717) is 27.1 Å². The van der Waals surface area contributed by atoms with Crippen LogP contribution in [0, 0.1) is 6.92 Å². The van der Waals surface area contributed by atoms with Crippen LogP contribution in [0.15, 0.2) is 51.7 Å². The molecule has 1 amide bonds. The Kier molecular flexibility index (Phi) is 5.70. The second-order valence-electron chi connectivity index (χ2n) is 5.53. The van der Waals surface area contributed by atoms with Crippen LogP contribution in [-0.2, 0) is 17.9 Å². The number of halogens is 2. The predicted octanol–water partition coefficient (Wildman–Crippen LogP) is 2.90. The average Bonchev–Trinajstić information content (AvgIpc) is 3.00. The number of carbonyl (C=O) groups is 1. The molecule has 0 saturated carbocycles. The molecule has 0 bridgehead atoms. The van der Waals surface area contributed by atoms with Gasteiger partial charge in [0.1, 0.15) is 6.54 Å². The molecule has 0 radical (unpaired) electrons. The minimum atomic E-state index is -0.455. The Morgan fingerprint density at radius 3 is 2.85 bits per heavy atom. The molecule has 0 aliphatic rings. The van der Waals surface area contributed by atoms with Crippen molar-refractivity contribution in [1.82, 2.24) is 14.3 Å². The van der Waals surface area contributed by atoms with Gasteiger partial charge in [0.15, 0.2) is 4.80 Å². The molecule has 9 heteroatoms. The van der Waals surface area contributed by atoms with Crippen molar-refractivity contribution in [2.75, 3.05) is 0 Å². The molecule has 0 saturated heterocycles. The number of hydrogen-bond acceptors (Lipinski definition) is 4. The van der Waals surface area contributed by atoms with Gasteiger partial charge in [-0.05, 0) is 30.7 Å². The number of amides is 1. The van der Waals surface area contributed by atoms with E-state index in [2.05, 4.69) is 10.1 Å². The van der Waals surface area contributed by atoms with Gasteiger partial charge in [-0.15, -0.1) is 11.3 Å². The van der Waals surface area contributed by atoms with E-state index in [0.717, 1.165) is 10.2 Å². The van der Waals surface area contributed by atoms with Gasteiger partial charge < -0.3 is 4.57 Å². The highest BCUT2D eigenvalue weighted by Gasteiger charge is 2.07. The van der Waals surface area contributed by atoms with Gasteiger partial charge in [-0.3, -0.25) is 9.59 Å². The predicted molar refractivity (Wildman–Crippen MR) is 102 cm³/mol. The molecule has 0 aliphatic carbocycles. The lowest BCUT2D eigenvalue weighted by Crippen LogP contribution is -2.27. The lowest BCUT2D eigenvalue weighted by atomic mass is 10.2. The summed E-state index contributed by atoms with van der Waals surface area (Å²) in [7, 11) is 0. The highest BCUT2D eigenvalue weighted by molar-refractivity contribution is 7.07. The van der Waals surface area contributed by atoms with Gasteiger partial charge in [0.05, 0.1) is 12.2 Å². The molecule has 0 fully saturated rings. The van der Waals surface area contributed by atoms with E-state index < -0.39 is 5.91 Å². The summed E-state index contributed by atoms with van der Waals surface area (Å²) in [5, 5.41) is 6.97. The van der Waals surface area contributed by atoms with E-state index in [1.54, 1.807) is 25.1 Å². The van der Waals surface area contributed by atoms with Crippen LogP contribution in [0.3, 0.4) is 0 Å². The number of nitrogens with zero attached hydrogens (tertiary/aromatic N) is 4. The van der Waals surface area contributed by atoms with Crippen LogP contribution < -0.4 is 10.4 Å². The monoisotopic (exact) mass is 408 g/mol. The smallest absolute Gasteiger partial charge is 0.270 e. The first-order valence-corrected chi connectivity index (χ1v) is 9.26. The van der Waals surface area contributed by atoms with E-state index in [1.165, 1.54) is 17.4 Å². The van der Waals surface area contributed by atoms with E-state index in [4.69, 9.17) is 23.2 Å². The van der Waals surface area contributed by atoms with Crippen LogP contribution in [-0.4, -0.2) is 20.3 Å². The summed E-state index contributed by atoms with van der Waals surface area (Å²) in [6.07, 6.45) is 1.82. The largest absolute Gasteiger partial charge is 0.319 e.